The number of rotatable bonds is 6. The number of benzene rings is 2. The van der Waals surface area contributed by atoms with Crippen molar-refractivity contribution >= 4 is 28.5 Å². The molecule has 8 heteroatoms. The van der Waals surface area contributed by atoms with Crippen LogP contribution in [0.25, 0.3) is 10.9 Å². The molecule has 0 radical (unpaired) electrons. The molecule has 140 valence electrons. The highest BCUT2D eigenvalue weighted by molar-refractivity contribution is 6.30. The van der Waals surface area contributed by atoms with Gasteiger partial charge < -0.3 is 14.2 Å². The molecule has 0 saturated heterocycles. The van der Waals surface area contributed by atoms with E-state index in [1.54, 1.807) is 12.1 Å². The van der Waals surface area contributed by atoms with Crippen LogP contribution in [0.2, 0.25) is 5.15 Å². The maximum atomic E-state index is 12.7. The van der Waals surface area contributed by atoms with Gasteiger partial charge in [-0.25, -0.2) is 9.78 Å². The van der Waals surface area contributed by atoms with Gasteiger partial charge in [0.25, 0.3) is 0 Å². The minimum atomic E-state index is -3.12. The number of nitrogens with zero attached hydrogens (tertiary/aromatic N) is 1. The monoisotopic (exact) mass is 393 g/mol. The summed E-state index contributed by atoms with van der Waals surface area (Å²) in [4.78, 5) is 16.6. The summed E-state index contributed by atoms with van der Waals surface area (Å²) in [6, 6.07) is 13.3. The van der Waals surface area contributed by atoms with Crippen LogP contribution in [0.15, 0.2) is 48.5 Å². The van der Waals surface area contributed by atoms with Crippen LogP contribution in [0, 0.1) is 0 Å². The molecule has 3 aromatic rings. The van der Waals surface area contributed by atoms with E-state index in [0.717, 1.165) is 5.39 Å². The van der Waals surface area contributed by atoms with Crippen molar-refractivity contribution in [2.75, 3.05) is 7.11 Å². The number of alkyl halides is 2. The largest absolute Gasteiger partial charge is 0.493 e. The molecule has 0 aliphatic heterocycles. The van der Waals surface area contributed by atoms with Crippen LogP contribution in [0.5, 0.6) is 11.5 Å². The first-order valence-corrected chi connectivity index (χ1v) is 8.20. The molecule has 5 nitrogen and oxygen atoms in total. The first kappa shape index (κ1) is 18.8. The van der Waals surface area contributed by atoms with Gasteiger partial charge in [-0.15, -0.1) is 0 Å². The lowest BCUT2D eigenvalue weighted by atomic mass is 10.1. The second-order valence-electron chi connectivity index (χ2n) is 5.42. The molecule has 0 aliphatic rings. The Bertz CT molecular complexity index is 981. The molecule has 0 aliphatic carbocycles. The van der Waals surface area contributed by atoms with Gasteiger partial charge in [0.05, 0.1) is 12.6 Å². The zero-order valence-electron chi connectivity index (χ0n) is 14.1. The molecule has 0 saturated carbocycles. The first-order chi connectivity index (χ1) is 13.0. The SMILES string of the molecule is COc1cccc(C(=O)OCc2cc3ccccc3nc2Cl)c1OC(F)F. The van der Waals surface area contributed by atoms with Gasteiger partial charge in [-0.3, -0.25) is 0 Å². The molecule has 2 aromatic carbocycles. The maximum absolute atomic E-state index is 12.7. The molecular formula is C19H14ClF2NO4. The predicted octanol–water partition coefficient (Wildman–Crippen LogP) is 4.86. The van der Waals surface area contributed by atoms with Crippen molar-refractivity contribution in [1.29, 1.82) is 0 Å². The Labute approximate surface area is 158 Å². The van der Waals surface area contributed by atoms with Crippen molar-refractivity contribution in [3.05, 3.63) is 64.8 Å². The molecule has 0 N–H and O–H groups in total. The third-order valence-electron chi connectivity index (χ3n) is 3.73. The Hall–Kier alpha value is -2.93. The first-order valence-electron chi connectivity index (χ1n) is 7.82. The number of carbonyl (C=O) groups is 1. The second kappa shape index (κ2) is 8.18. The van der Waals surface area contributed by atoms with Crippen LogP contribution in [-0.4, -0.2) is 24.7 Å². The van der Waals surface area contributed by atoms with E-state index in [0.29, 0.717) is 11.1 Å². The Kier molecular flexibility index (Phi) is 5.71. The quantitative estimate of drug-likeness (QED) is 0.442. The Morgan fingerprint density at radius 1 is 1.19 bits per heavy atom. The van der Waals surface area contributed by atoms with E-state index in [2.05, 4.69) is 9.72 Å². The van der Waals surface area contributed by atoms with Gasteiger partial charge in [0, 0.05) is 10.9 Å². The summed E-state index contributed by atoms with van der Waals surface area (Å²) in [6.45, 7) is -3.30. The van der Waals surface area contributed by atoms with Gasteiger partial charge in [-0.05, 0) is 24.3 Å². The highest BCUT2D eigenvalue weighted by atomic mass is 35.5. The summed E-state index contributed by atoms with van der Waals surface area (Å²) in [6.07, 6.45) is 0. The Morgan fingerprint density at radius 2 is 1.96 bits per heavy atom. The number of ether oxygens (including phenoxy) is 3. The van der Waals surface area contributed by atoms with Gasteiger partial charge in [0.2, 0.25) is 0 Å². The van der Waals surface area contributed by atoms with E-state index in [1.165, 1.54) is 25.3 Å². The normalized spacial score (nSPS) is 10.9. The molecule has 0 unspecified atom stereocenters. The fraction of sp³-hybridized carbons (Fsp3) is 0.158. The number of methoxy groups -OCH3 is 1. The minimum absolute atomic E-state index is 0.00449. The number of halogens is 3. The third kappa shape index (κ3) is 4.25. The molecule has 1 heterocycles. The Morgan fingerprint density at radius 3 is 2.70 bits per heavy atom. The summed E-state index contributed by atoms with van der Waals surface area (Å²) in [5.41, 5.74) is 1.01. The van der Waals surface area contributed by atoms with Crippen molar-refractivity contribution in [2.45, 2.75) is 13.2 Å². The van der Waals surface area contributed by atoms with Crippen molar-refractivity contribution in [3.63, 3.8) is 0 Å². The van der Waals surface area contributed by atoms with Crippen molar-refractivity contribution in [1.82, 2.24) is 4.98 Å². The lowest BCUT2D eigenvalue weighted by Crippen LogP contribution is -2.12. The summed E-state index contributed by atoms with van der Waals surface area (Å²) in [7, 11) is 1.28. The topological polar surface area (TPSA) is 57.7 Å². The molecular weight excluding hydrogens is 380 g/mol. The van der Waals surface area contributed by atoms with E-state index in [4.69, 9.17) is 21.1 Å². The number of fused-ring (bicyclic) bond motifs is 1. The van der Waals surface area contributed by atoms with E-state index in [1.807, 2.05) is 18.2 Å². The van der Waals surface area contributed by atoms with Crippen LogP contribution in [0.3, 0.4) is 0 Å². The molecule has 0 fully saturated rings. The third-order valence-corrected chi connectivity index (χ3v) is 4.06. The van der Waals surface area contributed by atoms with Crippen LogP contribution < -0.4 is 9.47 Å². The molecule has 0 atom stereocenters. The molecule has 0 spiro atoms. The average Bonchev–Trinajstić information content (AvgIpc) is 2.65. The number of aromatic nitrogens is 1. The molecule has 3 rings (SSSR count). The maximum Gasteiger partial charge on any atom is 0.387 e. The summed E-state index contributed by atoms with van der Waals surface area (Å²) in [5, 5.41) is 1.02. The highest BCUT2D eigenvalue weighted by Gasteiger charge is 2.21. The zero-order chi connectivity index (χ0) is 19.4. The predicted molar refractivity (Wildman–Crippen MR) is 95.5 cm³/mol. The number of hydrogen-bond donors (Lipinski definition) is 0. The zero-order valence-corrected chi connectivity index (χ0v) is 14.9. The molecule has 1 aromatic heterocycles. The van der Waals surface area contributed by atoms with Crippen LogP contribution in [-0.2, 0) is 11.3 Å². The van der Waals surface area contributed by atoms with Gasteiger partial charge in [-0.1, -0.05) is 35.9 Å². The second-order valence-corrected chi connectivity index (χ2v) is 5.78. The fourth-order valence-electron chi connectivity index (χ4n) is 2.51. The van der Waals surface area contributed by atoms with Crippen molar-refractivity contribution in [2.24, 2.45) is 0 Å². The average molecular weight is 394 g/mol. The standard InChI is InChI=1S/C19H14ClF2NO4/c1-25-15-8-4-6-13(16(15)27-19(21)22)18(24)26-10-12-9-11-5-2-3-7-14(11)23-17(12)20/h2-9,19H,10H2,1H3. The highest BCUT2D eigenvalue weighted by Crippen LogP contribution is 2.33. The van der Waals surface area contributed by atoms with E-state index in [9.17, 15) is 13.6 Å². The summed E-state index contributed by atoms with van der Waals surface area (Å²) in [5.74, 6) is -1.24. The fourth-order valence-corrected chi connectivity index (χ4v) is 2.71. The molecule has 27 heavy (non-hydrogen) atoms. The lowest BCUT2D eigenvalue weighted by Gasteiger charge is -2.14. The van der Waals surface area contributed by atoms with Crippen LogP contribution in [0.4, 0.5) is 8.78 Å². The van der Waals surface area contributed by atoms with Gasteiger partial charge in [0.1, 0.15) is 17.3 Å². The number of para-hydroxylation sites is 2. The number of hydrogen-bond acceptors (Lipinski definition) is 5. The molecule has 0 amide bonds. The van der Waals surface area contributed by atoms with E-state index in [-0.39, 0.29) is 28.8 Å². The van der Waals surface area contributed by atoms with Crippen LogP contribution >= 0.6 is 11.6 Å². The minimum Gasteiger partial charge on any atom is -0.493 e. The van der Waals surface area contributed by atoms with E-state index >= 15 is 0 Å². The lowest BCUT2D eigenvalue weighted by molar-refractivity contribution is -0.0518. The smallest absolute Gasteiger partial charge is 0.387 e. The molecule has 0 bridgehead atoms. The summed E-state index contributed by atoms with van der Waals surface area (Å²) < 4.78 is 40.0. The number of esters is 1. The number of pyridine rings is 1. The van der Waals surface area contributed by atoms with Crippen molar-refractivity contribution in [3.8, 4) is 11.5 Å². The van der Waals surface area contributed by atoms with E-state index < -0.39 is 12.6 Å². The van der Waals surface area contributed by atoms with Gasteiger partial charge in [-0.2, -0.15) is 8.78 Å². The summed E-state index contributed by atoms with van der Waals surface area (Å²) >= 11 is 6.13. The Balaban J connectivity index is 1.83. The van der Waals surface area contributed by atoms with Gasteiger partial charge in [0.15, 0.2) is 11.5 Å². The van der Waals surface area contributed by atoms with Crippen LogP contribution in [0.1, 0.15) is 15.9 Å². The number of carbonyl (C=O) groups excluding carboxylic acids is 1. The van der Waals surface area contributed by atoms with Gasteiger partial charge >= 0.3 is 12.6 Å². The van der Waals surface area contributed by atoms with Crippen molar-refractivity contribution < 1.29 is 27.8 Å².